The quantitative estimate of drug-likeness (QED) is 0.547. The molecule has 0 N–H and O–H groups in total. The lowest BCUT2D eigenvalue weighted by molar-refractivity contribution is 0.248. The van der Waals surface area contributed by atoms with Crippen LogP contribution in [0, 0.1) is 0 Å². The third kappa shape index (κ3) is 2.29. The smallest absolute Gasteiger partial charge is 0.0453 e. The minimum atomic E-state index is 0.669. The van der Waals surface area contributed by atoms with E-state index in [1.54, 1.807) is 11.1 Å². The van der Waals surface area contributed by atoms with Gasteiger partial charge >= 0.3 is 0 Å². The molecule has 4 heteroatoms. The van der Waals surface area contributed by atoms with Gasteiger partial charge in [-0.25, -0.2) is 3.11 Å². The second-order valence-electron chi connectivity index (χ2n) is 7.43. The molecule has 0 spiro atoms. The first-order chi connectivity index (χ1) is 10.8. The zero-order valence-electron chi connectivity index (χ0n) is 13.0. The molecule has 3 fully saturated rings. The summed E-state index contributed by atoms with van der Waals surface area (Å²) in [5.41, 5.74) is 4.73. The first kappa shape index (κ1) is 14.1. The highest BCUT2D eigenvalue weighted by atomic mass is 127. The predicted molar refractivity (Wildman–Crippen MR) is 98.7 cm³/mol. The maximum absolute atomic E-state index is 2.70. The van der Waals surface area contributed by atoms with Crippen molar-refractivity contribution in [1.29, 1.82) is 0 Å². The molecule has 1 aromatic rings. The summed E-state index contributed by atoms with van der Waals surface area (Å²) in [6.07, 6.45) is 5.56. The number of nitrogens with zero attached hydrogens (tertiary/aromatic N) is 3. The molecule has 2 saturated heterocycles. The van der Waals surface area contributed by atoms with E-state index in [1.165, 1.54) is 64.1 Å². The number of hydrogen-bond donors (Lipinski definition) is 0. The minimum Gasteiger partial charge on any atom is -0.369 e. The van der Waals surface area contributed by atoms with Crippen molar-refractivity contribution in [2.24, 2.45) is 0 Å². The molecule has 5 rings (SSSR count). The van der Waals surface area contributed by atoms with E-state index >= 15 is 0 Å². The number of halogens is 1. The van der Waals surface area contributed by atoms with Crippen LogP contribution in [0.25, 0.3) is 0 Å². The van der Waals surface area contributed by atoms with Crippen LogP contribution in [0.5, 0.6) is 0 Å². The van der Waals surface area contributed by atoms with Gasteiger partial charge in [-0.15, -0.1) is 0 Å². The molecule has 3 nitrogen and oxygen atoms in total. The first-order valence-corrected chi connectivity index (χ1v) is 9.81. The molecule has 4 aliphatic rings. The summed E-state index contributed by atoms with van der Waals surface area (Å²) in [4.78, 5) is 5.31. The van der Waals surface area contributed by atoms with Crippen LogP contribution in [-0.2, 0) is 0 Å². The maximum Gasteiger partial charge on any atom is 0.0453 e. The molecule has 2 aliphatic carbocycles. The number of fused-ring (bicyclic) bond motifs is 5. The SMILES string of the molecule is IN1CCC2C[C@H]1c1cc(N3CCN(C4CC4)CC3)ccc12. The summed E-state index contributed by atoms with van der Waals surface area (Å²) in [7, 11) is 0. The van der Waals surface area contributed by atoms with Gasteiger partial charge in [0.05, 0.1) is 0 Å². The van der Waals surface area contributed by atoms with Crippen molar-refractivity contribution >= 4 is 28.6 Å². The van der Waals surface area contributed by atoms with Crippen LogP contribution >= 0.6 is 22.9 Å². The van der Waals surface area contributed by atoms with Gasteiger partial charge in [-0.2, -0.15) is 0 Å². The van der Waals surface area contributed by atoms with Gasteiger partial charge in [0, 0.05) is 73.4 Å². The summed E-state index contributed by atoms with van der Waals surface area (Å²) >= 11 is 2.54. The molecule has 2 aliphatic heterocycles. The largest absolute Gasteiger partial charge is 0.369 e. The normalized spacial score (nSPS) is 32.3. The molecule has 22 heavy (non-hydrogen) atoms. The van der Waals surface area contributed by atoms with E-state index in [4.69, 9.17) is 0 Å². The standard InChI is InChI=1S/C18H24IN3/c19-22-6-5-13-11-18(22)17-12-15(3-4-16(13)17)21-9-7-20(8-10-21)14-1-2-14/h3-4,12-14,18H,1-2,5-11H2/t13?,18-/m0/s1. The monoisotopic (exact) mass is 409 g/mol. The van der Waals surface area contributed by atoms with Crippen molar-refractivity contribution in [1.82, 2.24) is 8.01 Å². The molecule has 0 amide bonds. The Bertz CT molecular complexity index is 578. The van der Waals surface area contributed by atoms with E-state index < -0.39 is 0 Å². The molecule has 1 saturated carbocycles. The van der Waals surface area contributed by atoms with Gasteiger partial charge in [-0.3, -0.25) is 4.90 Å². The van der Waals surface area contributed by atoms with E-state index in [0.717, 1.165) is 12.0 Å². The van der Waals surface area contributed by atoms with E-state index in [2.05, 4.69) is 54.0 Å². The van der Waals surface area contributed by atoms with Crippen molar-refractivity contribution in [2.75, 3.05) is 37.6 Å². The Morgan fingerprint density at radius 1 is 0.909 bits per heavy atom. The van der Waals surface area contributed by atoms with Crippen LogP contribution in [0.1, 0.15) is 48.8 Å². The third-order valence-corrected chi connectivity index (χ3v) is 7.30. The number of anilines is 1. The Morgan fingerprint density at radius 2 is 1.73 bits per heavy atom. The molecule has 2 heterocycles. The van der Waals surface area contributed by atoms with E-state index in [0.29, 0.717) is 6.04 Å². The minimum absolute atomic E-state index is 0.669. The van der Waals surface area contributed by atoms with Crippen LogP contribution in [0.4, 0.5) is 5.69 Å². The fraction of sp³-hybridized carbons (Fsp3) is 0.667. The van der Waals surface area contributed by atoms with E-state index in [-0.39, 0.29) is 0 Å². The Morgan fingerprint density at radius 3 is 2.50 bits per heavy atom. The average molecular weight is 409 g/mol. The number of rotatable bonds is 2. The van der Waals surface area contributed by atoms with Crippen molar-refractivity contribution in [2.45, 2.75) is 43.7 Å². The number of piperazine rings is 1. The molecular weight excluding hydrogens is 385 g/mol. The van der Waals surface area contributed by atoms with Crippen molar-refractivity contribution in [3.8, 4) is 0 Å². The summed E-state index contributed by atoms with van der Waals surface area (Å²) in [5.74, 6) is 0.826. The van der Waals surface area contributed by atoms with Gasteiger partial charge in [0.25, 0.3) is 0 Å². The van der Waals surface area contributed by atoms with Gasteiger partial charge in [0.1, 0.15) is 0 Å². The molecule has 118 valence electrons. The van der Waals surface area contributed by atoms with Gasteiger partial charge in [-0.05, 0) is 54.9 Å². The van der Waals surface area contributed by atoms with Crippen LogP contribution in [0.15, 0.2) is 18.2 Å². The lowest BCUT2D eigenvalue weighted by Gasteiger charge is -2.36. The fourth-order valence-electron chi connectivity index (χ4n) is 4.70. The highest BCUT2D eigenvalue weighted by Gasteiger charge is 2.38. The highest BCUT2D eigenvalue weighted by molar-refractivity contribution is 14.1. The highest BCUT2D eigenvalue weighted by Crippen LogP contribution is 2.50. The van der Waals surface area contributed by atoms with Crippen LogP contribution in [-0.4, -0.2) is 46.8 Å². The van der Waals surface area contributed by atoms with Crippen LogP contribution in [0.2, 0.25) is 0 Å². The summed E-state index contributed by atoms with van der Waals surface area (Å²) < 4.78 is 2.54. The zero-order valence-corrected chi connectivity index (χ0v) is 15.2. The van der Waals surface area contributed by atoms with Crippen molar-refractivity contribution in [3.05, 3.63) is 29.3 Å². The maximum atomic E-state index is 2.70. The summed E-state index contributed by atoms with van der Waals surface area (Å²) in [5, 5.41) is 0. The lowest BCUT2D eigenvalue weighted by atomic mass is 9.96. The van der Waals surface area contributed by atoms with Crippen molar-refractivity contribution < 1.29 is 0 Å². The topological polar surface area (TPSA) is 9.72 Å². The van der Waals surface area contributed by atoms with Gasteiger partial charge in [0.15, 0.2) is 0 Å². The first-order valence-electron chi connectivity index (χ1n) is 8.85. The zero-order chi connectivity index (χ0) is 14.7. The molecular formula is C18H24IN3. The van der Waals surface area contributed by atoms with Gasteiger partial charge in [0.2, 0.25) is 0 Å². The van der Waals surface area contributed by atoms with Crippen molar-refractivity contribution in [3.63, 3.8) is 0 Å². The second kappa shape index (κ2) is 5.35. The molecule has 0 radical (unpaired) electrons. The summed E-state index contributed by atoms with van der Waals surface area (Å²) in [6, 6.07) is 8.95. The fourth-order valence-corrected chi connectivity index (χ4v) is 5.51. The molecule has 1 aromatic carbocycles. The Hall–Kier alpha value is -0.330. The molecule has 2 atom stereocenters. The Balaban J connectivity index is 1.37. The van der Waals surface area contributed by atoms with Crippen LogP contribution in [0.3, 0.4) is 0 Å². The molecule has 1 unspecified atom stereocenters. The molecule has 0 aromatic heterocycles. The van der Waals surface area contributed by atoms with Gasteiger partial charge in [-0.1, -0.05) is 6.07 Å². The number of benzene rings is 1. The number of hydrogen-bond acceptors (Lipinski definition) is 3. The van der Waals surface area contributed by atoms with E-state index in [9.17, 15) is 0 Å². The van der Waals surface area contributed by atoms with Gasteiger partial charge < -0.3 is 4.90 Å². The molecule has 2 bridgehead atoms. The predicted octanol–water partition coefficient (Wildman–Crippen LogP) is 3.56. The lowest BCUT2D eigenvalue weighted by Crippen LogP contribution is -2.47. The van der Waals surface area contributed by atoms with Crippen LogP contribution < -0.4 is 4.90 Å². The summed E-state index contributed by atoms with van der Waals surface area (Å²) in [6.45, 7) is 6.17. The van der Waals surface area contributed by atoms with E-state index in [1.807, 2.05) is 0 Å². The average Bonchev–Trinajstić information content (AvgIpc) is 3.36. The Labute approximate surface area is 147 Å². The number of piperidine rings is 1. The Kier molecular flexibility index (Phi) is 3.42. The third-order valence-electron chi connectivity index (χ3n) is 6.15. The second-order valence-corrected chi connectivity index (χ2v) is 8.67.